The lowest BCUT2D eigenvalue weighted by atomic mass is 10.3. The number of ether oxygens (including phenoxy) is 1. The van der Waals surface area contributed by atoms with Gasteiger partial charge in [-0.1, -0.05) is 23.4 Å². The number of nitrogens with zero attached hydrogens (tertiary/aromatic N) is 4. The van der Waals surface area contributed by atoms with Crippen molar-refractivity contribution < 1.29 is 9.53 Å². The second kappa shape index (κ2) is 5.83. The highest BCUT2D eigenvalue weighted by atomic mass is 35.5. The van der Waals surface area contributed by atoms with E-state index in [9.17, 15) is 4.79 Å². The molecule has 0 unspecified atom stereocenters. The van der Waals surface area contributed by atoms with E-state index in [0.717, 1.165) is 5.69 Å². The van der Waals surface area contributed by atoms with E-state index in [2.05, 4.69) is 20.3 Å². The molecule has 0 aliphatic heterocycles. The zero-order valence-corrected chi connectivity index (χ0v) is 11.0. The SMILES string of the molecule is COC(=O)CSc1nnnn1-c1ccc(Cl)cc1. The smallest absolute Gasteiger partial charge is 0.316 e. The van der Waals surface area contributed by atoms with Gasteiger partial charge < -0.3 is 4.74 Å². The van der Waals surface area contributed by atoms with Crippen LogP contribution in [0.25, 0.3) is 5.69 Å². The van der Waals surface area contributed by atoms with Crippen LogP contribution < -0.4 is 0 Å². The summed E-state index contributed by atoms with van der Waals surface area (Å²) in [5.41, 5.74) is 0.775. The van der Waals surface area contributed by atoms with Gasteiger partial charge in [0.15, 0.2) is 0 Å². The standard InChI is InChI=1S/C10H9ClN4O2S/c1-17-9(16)6-18-10-12-13-14-15(10)8-4-2-7(11)3-5-8/h2-5H,6H2,1H3. The second-order valence-electron chi connectivity index (χ2n) is 3.21. The highest BCUT2D eigenvalue weighted by molar-refractivity contribution is 7.99. The summed E-state index contributed by atoms with van der Waals surface area (Å²) in [4.78, 5) is 11.1. The predicted molar refractivity (Wildman–Crippen MR) is 66.9 cm³/mol. The van der Waals surface area contributed by atoms with E-state index in [1.807, 2.05) is 0 Å². The molecule has 0 radical (unpaired) electrons. The minimum absolute atomic E-state index is 0.157. The molecule has 8 heteroatoms. The summed E-state index contributed by atoms with van der Waals surface area (Å²) in [6.45, 7) is 0. The fourth-order valence-corrected chi connectivity index (χ4v) is 2.04. The molecule has 6 nitrogen and oxygen atoms in total. The Balaban J connectivity index is 2.17. The van der Waals surface area contributed by atoms with Gasteiger partial charge in [0.1, 0.15) is 0 Å². The van der Waals surface area contributed by atoms with E-state index in [4.69, 9.17) is 11.6 Å². The number of hydrogen-bond acceptors (Lipinski definition) is 6. The van der Waals surface area contributed by atoms with Gasteiger partial charge in [-0.25, -0.2) is 0 Å². The van der Waals surface area contributed by atoms with Gasteiger partial charge in [0.05, 0.1) is 18.6 Å². The van der Waals surface area contributed by atoms with Gasteiger partial charge in [-0.15, -0.1) is 5.10 Å². The molecule has 2 rings (SSSR count). The predicted octanol–water partition coefficient (Wildman–Crippen LogP) is 1.58. The van der Waals surface area contributed by atoms with Crippen LogP contribution in [0.1, 0.15) is 0 Å². The molecule has 0 spiro atoms. The van der Waals surface area contributed by atoms with E-state index in [1.165, 1.54) is 23.6 Å². The molecular weight excluding hydrogens is 276 g/mol. The molecule has 2 aromatic rings. The van der Waals surface area contributed by atoms with Crippen LogP contribution in [-0.2, 0) is 9.53 Å². The molecule has 0 fully saturated rings. The first-order valence-corrected chi connectivity index (χ1v) is 6.31. The van der Waals surface area contributed by atoms with Crippen LogP contribution in [0.4, 0.5) is 0 Å². The van der Waals surface area contributed by atoms with Gasteiger partial charge in [0, 0.05) is 5.02 Å². The Labute approximate surface area is 112 Å². The summed E-state index contributed by atoms with van der Waals surface area (Å²) >= 11 is 7.01. The van der Waals surface area contributed by atoms with Crippen LogP contribution in [0.5, 0.6) is 0 Å². The van der Waals surface area contributed by atoms with Gasteiger partial charge in [-0.05, 0) is 34.7 Å². The number of esters is 1. The average molecular weight is 285 g/mol. The van der Waals surface area contributed by atoms with Crippen molar-refractivity contribution in [1.82, 2.24) is 20.2 Å². The summed E-state index contributed by atoms with van der Waals surface area (Å²) in [7, 11) is 1.34. The normalized spacial score (nSPS) is 10.3. The third kappa shape index (κ3) is 2.99. The van der Waals surface area contributed by atoms with E-state index < -0.39 is 0 Å². The minimum Gasteiger partial charge on any atom is -0.468 e. The van der Waals surface area contributed by atoms with Gasteiger partial charge in [-0.3, -0.25) is 4.79 Å². The number of hydrogen-bond donors (Lipinski definition) is 0. The average Bonchev–Trinajstić information content (AvgIpc) is 2.85. The largest absolute Gasteiger partial charge is 0.468 e. The number of rotatable bonds is 4. The van der Waals surface area contributed by atoms with Crippen molar-refractivity contribution in [2.24, 2.45) is 0 Å². The van der Waals surface area contributed by atoms with Crippen molar-refractivity contribution in [1.29, 1.82) is 0 Å². The third-order valence-corrected chi connectivity index (χ3v) is 3.20. The maximum atomic E-state index is 11.1. The summed E-state index contributed by atoms with van der Waals surface area (Å²) in [5.74, 6) is -0.171. The summed E-state index contributed by atoms with van der Waals surface area (Å²) in [6, 6.07) is 7.07. The number of tetrazole rings is 1. The molecule has 0 amide bonds. The first-order valence-electron chi connectivity index (χ1n) is 4.94. The zero-order chi connectivity index (χ0) is 13.0. The quantitative estimate of drug-likeness (QED) is 0.627. The molecule has 1 aromatic carbocycles. The van der Waals surface area contributed by atoms with Crippen LogP contribution >= 0.6 is 23.4 Å². The molecule has 0 N–H and O–H groups in total. The Morgan fingerprint density at radius 3 is 2.83 bits per heavy atom. The minimum atomic E-state index is -0.328. The maximum Gasteiger partial charge on any atom is 0.316 e. The highest BCUT2D eigenvalue weighted by Gasteiger charge is 2.11. The maximum absolute atomic E-state index is 11.1. The number of halogens is 1. The van der Waals surface area contributed by atoms with E-state index in [1.54, 1.807) is 24.3 Å². The second-order valence-corrected chi connectivity index (χ2v) is 4.59. The van der Waals surface area contributed by atoms with Crippen LogP contribution in [-0.4, -0.2) is 39.0 Å². The highest BCUT2D eigenvalue weighted by Crippen LogP contribution is 2.19. The molecule has 0 atom stereocenters. The van der Waals surface area contributed by atoms with Crippen molar-refractivity contribution >= 4 is 29.3 Å². The van der Waals surface area contributed by atoms with E-state index in [0.29, 0.717) is 10.2 Å². The van der Waals surface area contributed by atoms with Crippen molar-refractivity contribution in [2.75, 3.05) is 12.9 Å². The monoisotopic (exact) mass is 284 g/mol. The Kier molecular flexibility index (Phi) is 4.16. The molecule has 0 aliphatic rings. The number of methoxy groups -OCH3 is 1. The zero-order valence-electron chi connectivity index (χ0n) is 9.41. The molecule has 1 heterocycles. The lowest BCUT2D eigenvalue weighted by Crippen LogP contribution is -2.05. The summed E-state index contributed by atoms with van der Waals surface area (Å²) < 4.78 is 6.09. The number of carbonyl (C=O) groups is 1. The fourth-order valence-electron chi connectivity index (χ4n) is 1.20. The molecule has 94 valence electrons. The van der Waals surface area contributed by atoms with Gasteiger partial charge in [-0.2, -0.15) is 4.68 Å². The third-order valence-electron chi connectivity index (χ3n) is 2.06. The van der Waals surface area contributed by atoms with Crippen LogP contribution in [0.2, 0.25) is 5.02 Å². The van der Waals surface area contributed by atoms with Crippen molar-refractivity contribution in [2.45, 2.75) is 5.16 Å². The fraction of sp³-hybridized carbons (Fsp3) is 0.200. The molecular formula is C10H9ClN4O2S. The summed E-state index contributed by atoms with van der Waals surface area (Å²) in [6.07, 6.45) is 0. The van der Waals surface area contributed by atoms with Crippen molar-refractivity contribution in [3.05, 3.63) is 29.3 Å². The van der Waals surface area contributed by atoms with Gasteiger partial charge in [0.25, 0.3) is 0 Å². The lowest BCUT2D eigenvalue weighted by Gasteiger charge is -2.03. The molecule has 18 heavy (non-hydrogen) atoms. The Morgan fingerprint density at radius 2 is 2.17 bits per heavy atom. The lowest BCUT2D eigenvalue weighted by molar-refractivity contribution is -0.137. The van der Waals surface area contributed by atoms with Crippen molar-refractivity contribution in [3.63, 3.8) is 0 Å². The first-order chi connectivity index (χ1) is 8.70. The Morgan fingerprint density at radius 1 is 1.44 bits per heavy atom. The Hall–Kier alpha value is -1.60. The van der Waals surface area contributed by atoms with Crippen LogP contribution in [0.3, 0.4) is 0 Å². The van der Waals surface area contributed by atoms with Gasteiger partial charge >= 0.3 is 5.97 Å². The number of aromatic nitrogens is 4. The molecule has 1 aromatic heterocycles. The number of benzene rings is 1. The van der Waals surface area contributed by atoms with Crippen LogP contribution in [0.15, 0.2) is 29.4 Å². The molecule has 0 bridgehead atoms. The summed E-state index contributed by atoms with van der Waals surface area (Å²) in [5, 5.41) is 12.4. The molecule has 0 saturated carbocycles. The number of thioether (sulfide) groups is 1. The van der Waals surface area contributed by atoms with Gasteiger partial charge in [0.2, 0.25) is 5.16 Å². The van der Waals surface area contributed by atoms with E-state index in [-0.39, 0.29) is 11.7 Å². The topological polar surface area (TPSA) is 69.9 Å². The first kappa shape index (κ1) is 12.8. The molecule has 0 aliphatic carbocycles. The van der Waals surface area contributed by atoms with Crippen molar-refractivity contribution in [3.8, 4) is 5.69 Å². The van der Waals surface area contributed by atoms with Crippen LogP contribution in [0, 0.1) is 0 Å². The Bertz CT molecular complexity index is 543. The molecule has 0 saturated heterocycles. The van der Waals surface area contributed by atoms with E-state index >= 15 is 0 Å². The number of carbonyl (C=O) groups excluding carboxylic acids is 1.